The van der Waals surface area contributed by atoms with Crippen LogP contribution in [-0.2, 0) is 14.3 Å². The Morgan fingerprint density at radius 3 is 2.23 bits per heavy atom. The summed E-state index contributed by atoms with van der Waals surface area (Å²) >= 11 is 0. The minimum atomic E-state index is -1.03. The molecule has 0 aliphatic carbocycles. The van der Waals surface area contributed by atoms with Crippen LogP contribution in [0.1, 0.15) is 39.3 Å². The minimum absolute atomic E-state index is 0.176. The lowest BCUT2D eigenvalue weighted by Gasteiger charge is -2.23. The molecule has 1 amide bonds. The monoisotopic (exact) mass is 482 g/mol. The molecule has 1 heterocycles. The van der Waals surface area contributed by atoms with E-state index >= 15 is 0 Å². The third-order valence-corrected chi connectivity index (χ3v) is 4.83. The van der Waals surface area contributed by atoms with Crippen molar-refractivity contribution in [2.24, 2.45) is 0 Å². The highest BCUT2D eigenvalue weighted by Crippen LogP contribution is 2.37. The normalized spacial score (nSPS) is 11.9. The van der Waals surface area contributed by atoms with Gasteiger partial charge in [0.1, 0.15) is 17.1 Å². The Bertz CT molecular complexity index is 1190. The average molecular weight is 483 g/mol. The van der Waals surface area contributed by atoms with Crippen LogP contribution < -0.4 is 19.5 Å². The van der Waals surface area contributed by atoms with Crippen LogP contribution in [0.4, 0.5) is 4.79 Å². The number of rotatable bonds is 8. The van der Waals surface area contributed by atoms with E-state index in [0.717, 1.165) is 5.39 Å². The van der Waals surface area contributed by atoms with E-state index in [-0.39, 0.29) is 6.61 Å². The van der Waals surface area contributed by atoms with Gasteiger partial charge < -0.3 is 29.0 Å². The fraction of sp³-hybridized carbons (Fsp3) is 0.346. The number of hydrogen-bond donors (Lipinski definition) is 1. The first-order valence-electron chi connectivity index (χ1n) is 11.1. The van der Waals surface area contributed by atoms with Crippen molar-refractivity contribution in [3.05, 3.63) is 54.2 Å². The fourth-order valence-corrected chi connectivity index (χ4v) is 3.32. The number of alkyl carbamates (subject to hydrolysis) is 1. The molecule has 0 aliphatic heterocycles. The summed E-state index contributed by atoms with van der Waals surface area (Å²) in [6.45, 7) is 7.10. The number of nitrogens with one attached hydrogen (secondary N) is 1. The Morgan fingerprint density at radius 1 is 0.971 bits per heavy atom. The molecule has 2 aromatic carbocycles. The second-order valence-corrected chi connectivity index (χ2v) is 8.54. The van der Waals surface area contributed by atoms with E-state index in [2.05, 4.69) is 10.3 Å². The van der Waals surface area contributed by atoms with Crippen LogP contribution >= 0.6 is 0 Å². The van der Waals surface area contributed by atoms with Crippen molar-refractivity contribution in [2.45, 2.75) is 39.3 Å². The Hall–Kier alpha value is -4.01. The summed E-state index contributed by atoms with van der Waals surface area (Å²) in [7, 11) is 3.12. The second-order valence-electron chi connectivity index (χ2n) is 8.54. The average Bonchev–Trinajstić information content (AvgIpc) is 2.81. The van der Waals surface area contributed by atoms with Crippen molar-refractivity contribution >= 4 is 23.0 Å². The van der Waals surface area contributed by atoms with Gasteiger partial charge in [-0.2, -0.15) is 0 Å². The highest BCUT2D eigenvalue weighted by molar-refractivity contribution is 5.88. The van der Waals surface area contributed by atoms with Gasteiger partial charge in [-0.15, -0.1) is 0 Å². The number of fused-ring (bicyclic) bond motifs is 1. The van der Waals surface area contributed by atoms with Crippen LogP contribution in [0.5, 0.6) is 23.0 Å². The Labute approximate surface area is 204 Å². The number of pyridine rings is 1. The first-order chi connectivity index (χ1) is 16.6. The van der Waals surface area contributed by atoms with Gasteiger partial charge in [0, 0.05) is 17.6 Å². The molecular formula is C26H30N2O7. The number of carbonyl (C=O) groups is 2. The van der Waals surface area contributed by atoms with E-state index in [1.54, 1.807) is 90.6 Å². The number of methoxy groups -OCH3 is 2. The van der Waals surface area contributed by atoms with E-state index in [1.165, 1.54) is 0 Å². The zero-order valence-electron chi connectivity index (χ0n) is 20.7. The maximum atomic E-state index is 12.5. The third kappa shape index (κ3) is 6.53. The standard InChI is InChI=1S/C26H30N2O7/c1-7-33-24(29)23(28-25(30)35-26(2,3)4)16-8-10-17(11-9-16)34-20-12-13-27-19-15-22(32-6)21(31-5)14-18(19)20/h8-15,23H,7H2,1-6H3,(H,28,30). The molecule has 0 saturated carbocycles. The van der Waals surface area contributed by atoms with E-state index < -0.39 is 23.7 Å². The molecule has 9 nitrogen and oxygen atoms in total. The van der Waals surface area contributed by atoms with Gasteiger partial charge in [0.15, 0.2) is 17.5 Å². The number of hydrogen-bond acceptors (Lipinski definition) is 8. The van der Waals surface area contributed by atoms with Crippen LogP contribution in [0.25, 0.3) is 10.9 Å². The van der Waals surface area contributed by atoms with Gasteiger partial charge in [-0.25, -0.2) is 9.59 Å². The zero-order valence-corrected chi connectivity index (χ0v) is 20.7. The maximum Gasteiger partial charge on any atom is 0.408 e. The van der Waals surface area contributed by atoms with E-state index in [1.807, 2.05) is 0 Å². The van der Waals surface area contributed by atoms with Crippen molar-refractivity contribution < 1.29 is 33.3 Å². The van der Waals surface area contributed by atoms with Crippen LogP contribution in [0.3, 0.4) is 0 Å². The van der Waals surface area contributed by atoms with Gasteiger partial charge in [0.2, 0.25) is 0 Å². The minimum Gasteiger partial charge on any atom is -0.493 e. The van der Waals surface area contributed by atoms with Crippen LogP contribution in [0, 0.1) is 0 Å². The fourth-order valence-electron chi connectivity index (χ4n) is 3.32. The molecule has 1 N–H and O–H groups in total. The lowest BCUT2D eigenvalue weighted by atomic mass is 10.1. The lowest BCUT2D eigenvalue weighted by molar-refractivity contribution is -0.145. The Morgan fingerprint density at radius 2 is 1.63 bits per heavy atom. The molecule has 3 aromatic rings. The molecule has 35 heavy (non-hydrogen) atoms. The Balaban J connectivity index is 1.85. The largest absolute Gasteiger partial charge is 0.493 e. The molecule has 0 bridgehead atoms. The molecule has 0 aliphatic rings. The molecule has 1 aromatic heterocycles. The summed E-state index contributed by atoms with van der Waals surface area (Å²) in [6, 6.07) is 11.0. The number of esters is 1. The highest BCUT2D eigenvalue weighted by atomic mass is 16.6. The van der Waals surface area contributed by atoms with Gasteiger partial charge in [0.25, 0.3) is 0 Å². The van der Waals surface area contributed by atoms with Crippen molar-refractivity contribution in [3.63, 3.8) is 0 Å². The first kappa shape index (κ1) is 25.6. The summed E-state index contributed by atoms with van der Waals surface area (Å²) in [5, 5.41) is 3.32. The van der Waals surface area contributed by atoms with Crippen molar-refractivity contribution in [2.75, 3.05) is 20.8 Å². The molecule has 0 fully saturated rings. The SMILES string of the molecule is CCOC(=O)C(NC(=O)OC(C)(C)C)c1ccc(Oc2ccnc3cc(OC)c(OC)cc23)cc1. The summed E-state index contributed by atoms with van der Waals surface area (Å²) < 4.78 is 27.3. The second kappa shape index (κ2) is 10.9. The molecule has 3 rings (SSSR count). The lowest BCUT2D eigenvalue weighted by Crippen LogP contribution is -2.38. The number of ether oxygens (including phenoxy) is 5. The number of benzene rings is 2. The van der Waals surface area contributed by atoms with Gasteiger partial charge in [-0.3, -0.25) is 4.98 Å². The zero-order chi connectivity index (χ0) is 25.6. The summed E-state index contributed by atoms with van der Waals surface area (Å²) in [5.74, 6) is 1.62. The van der Waals surface area contributed by atoms with E-state index in [4.69, 9.17) is 23.7 Å². The van der Waals surface area contributed by atoms with Gasteiger partial charge in [0.05, 0.1) is 26.3 Å². The van der Waals surface area contributed by atoms with E-state index in [9.17, 15) is 9.59 Å². The van der Waals surface area contributed by atoms with Crippen LogP contribution in [0.2, 0.25) is 0 Å². The van der Waals surface area contributed by atoms with Gasteiger partial charge >= 0.3 is 12.1 Å². The van der Waals surface area contributed by atoms with Crippen molar-refractivity contribution in [3.8, 4) is 23.0 Å². The van der Waals surface area contributed by atoms with Gasteiger partial charge in [-0.05, 0) is 57.5 Å². The molecule has 0 radical (unpaired) electrons. The number of nitrogens with zero attached hydrogens (tertiary/aromatic N) is 1. The molecule has 1 atom stereocenters. The third-order valence-electron chi connectivity index (χ3n) is 4.83. The van der Waals surface area contributed by atoms with Crippen molar-refractivity contribution in [1.29, 1.82) is 0 Å². The topological polar surface area (TPSA) is 105 Å². The highest BCUT2D eigenvalue weighted by Gasteiger charge is 2.27. The Kier molecular flexibility index (Phi) is 8.01. The molecule has 186 valence electrons. The summed E-state index contributed by atoms with van der Waals surface area (Å²) in [6.07, 6.45) is 0.919. The number of carbonyl (C=O) groups excluding carboxylic acids is 2. The molecule has 1 unspecified atom stereocenters. The maximum absolute atomic E-state index is 12.5. The predicted molar refractivity (Wildman–Crippen MR) is 130 cm³/mol. The number of amides is 1. The smallest absolute Gasteiger partial charge is 0.408 e. The molecule has 9 heteroatoms. The van der Waals surface area contributed by atoms with Gasteiger partial charge in [-0.1, -0.05) is 12.1 Å². The number of aromatic nitrogens is 1. The predicted octanol–water partition coefficient (Wildman–Crippen LogP) is 5.17. The summed E-state index contributed by atoms with van der Waals surface area (Å²) in [5.41, 5.74) is 0.495. The molecule has 0 saturated heterocycles. The van der Waals surface area contributed by atoms with Crippen LogP contribution in [0.15, 0.2) is 48.7 Å². The van der Waals surface area contributed by atoms with Crippen molar-refractivity contribution in [1.82, 2.24) is 10.3 Å². The van der Waals surface area contributed by atoms with Crippen LogP contribution in [-0.4, -0.2) is 43.5 Å². The molecule has 0 spiro atoms. The summed E-state index contributed by atoms with van der Waals surface area (Å²) in [4.78, 5) is 29.2. The molecular weight excluding hydrogens is 452 g/mol. The quantitative estimate of drug-likeness (QED) is 0.438. The van der Waals surface area contributed by atoms with E-state index in [0.29, 0.717) is 34.1 Å². The first-order valence-corrected chi connectivity index (χ1v) is 11.1.